The van der Waals surface area contributed by atoms with Gasteiger partial charge in [-0.3, -0.25) is 0 Å². The van der Waals surface area contributed by atoms with Gasteiger partial charge in [-0.1, -0.05) is 0 Å². The SMILES string of the molecule is O=[N+]([O-])c1ccc(-n2[se]c3ccccc3c2=S)cc1. The van der Waals surface area contributed by atoms with Crippen molar-refractivity contribution < 1.29 is 4.92 Å². The number of aromatic nitrogens is 1. The van der Waals surface area contributed by atoms with E-state index in [0.29, 0.717) is 0 Å². The topological polar surface area (TPSA) is 48.1 Å². The van der Waals surface area contributed by atoms with Crippen LogP contribution >= 0.6 is 12.2 Å². The van der Waals surface area contributed by atoms with E-state index in [-0.39, 0.29) is 20.4 Å². The Morgan fingerprint density at radius 2 is 1.79 bits per heavy atom. The van der Waals surface area contributed by atoms with Crippen LogP contribution < -0.4 is 0 Å². The first-order valence-corrected chi connectivity index (χ1v) is 7.56. The fourth-order valence-electron chi connectivity index (χ4n) is 1.85. The molecule has 0 aliphatic rings. The molecule has 94 valence electrons. The maximum atomic E-state index is 10.6. The Kier molecular flexibility index (Phi) is 3.06. The van der Waals surface area contributed by atoms with Gasteiger partial charge in [0.15, 0.2) is 0 Å². The monoisotopic (exact) mass is 336 g/mol. The van der Waals surface area contributed by atoms with Crippen LogP contribution in [0.2, 0.25) is 0 Å². The average molecular weight is 335 g/mol. The first-order valence-electron chi connectivity index (χ1n) is 5.53. The Morgan fingerprint density at radius 1 is 1.11 bits per heavy atom. The van der Waals surface area contributed by atoms with Crippen LogP contribution in [0.4, 0.5) is 5.69 Å². The number of rotatable bonds is 2. The summed E-state index contributed by atoms with van der Waals surface area (Å²) >= 11 is 5.57. The summed E-state index contributed by atoms with van der Waals surface area (Å²) in [4.78, 5) is 10.2. The van der Waals surface area contributed by atoms with Crippen molar-refractivity contribution in [2.45, 2.75) is 0 Å². The Balaban J connectivity index is 2.16. The van der Waals surface area contributed by atoms with E-state index in [1.165, 1.54) is 16.4 Å². The molecule has 0 unspecified atom stereocenters. The predicted octanol–water partition coefficient (Wildman–Crippen LogP) is 3.33. The summed E-state index contributed by atoms with van der Waals surface area (Å²) in [5, 5.41) is 11.7. The average Bonchev–Trinajstić information content (AvgIpc) is 2.77. The standard InChI is InChI=1S/C13H8N2O2SSe/c16-15(17)10-7-5-9(6-8-10)14-13(18)11-3-1-2-4-12(11)19-14/h1-8H. The molecule has 1 heterocycles. The van der Waals surface area contributed by atoms with E-state index in [1.54, 1.807) is 12.1 Å². The van der Waals surface area contributed by atoms with Crippen molar-refractivity contribution in [2.24, 2.45) is 0 Å². The predicted molar refractivity (Wildman–Crippen MR) is 77.7 cm³/mol. The molecule has 1 aromatic heterocycles. The molecular weight excluding hydrogens is 327 g/mol. The van der Waals surface area contributed by atoms with Gasteiger partial charge in [-0.2, -0.15) is 0 Å². The minimum absolute atomic E-state index is 0.0962. The number of hydrogen-bond donors (Lipinski definition) is 0. The van der Waals surface area contributed by atoms with E-state index < -0.39 is 4.92 Å². The summed E-state index contributed by atoms with van der Waals surface area (Å²) in [6.45, 7) is 0. The molecule has 2 aromatic carbocycles. The molecule has 4 nitrogen and oxygen atoms in total. The molecule has 0 spiro atoms. The summed E-state index contributed by atoms with van der Waals surface area (Å²) in [6, 6.07) is 14.6. The number of fused-ring (bicyclic) bond motifs is 1. The van der Waals surface area contributed by atoms with Crippen molar-refractivity contribution in [3.05, 3.63) is 63.3 Å². The van der Waals surface area contributed by atoms with Crippen molar-refractivity contribution in [3.8, 4) is 5.69 Å². The zero-order chi connectivity index (χ0) is 13.4. The number of nitrogens with zero attached hydrogens (tertiary/aromatic N) is 2. The summed E-state index contributed by atoms with van der Waals surface area (Å²) in [5.74, 6) is 0. The maximum absolute atomic E-state index is 10.6. The van der Waals surface area contributed by atoms with Crippen LogP contribution in [0.15, 0.2) is 48.5 Å². The van der Waals surface area contributed by atoms with Crippen molar-refractivity contribution in [3.63, 3.8) is 0 Å². The number of non-ortho nitro benzene ring substituents is 1. The van der Waals surface area contributed by atoms with E-state index in [1.807, 2.05) is 18.2 Å². The third-order valence-corrected chi connectivity index (χ3v) is 5.82. The molecule has 0 atom stereocenters. The summed E-state index contributed by atoms with van der Waals surface area (Å²) in [6.07, 6.45) is 0. The third kappa shape index (κ3) is 2.14. The molecule has 0 aliphatic carbocycles. The van der Waals surface area contributed by atoms with Crippen LogP contribution in [-0.2, 0) is 0 Å². The molecule has 3 aromatic rings. The van der Waals surface area contributed by atoms with Gasteiger partial charge in [-0.05, 0) is 0 Å². The van der Waals surface area contributed by atoms with Crippen molar-refractivity contribution >= 4 is 42.3 Å². The second-order valence-corrected chi connectivity index (χ2v) is 6.42. The molecule has 6 heteroatoms. The molecule has 3 rings (SSSR count). The third-order valence-electron chi connectivity index (χ3n) is 2.79. The van der Waals surface area contributed by atoms with E-state index in [4.69, 9.17) is 12.2 Å². The fourth-order valence-corrected chi connectivity index (χ4v) is 4.59. The van der Waals surface area contributed by atoms with Gasteiger partial charge in [0, 0.05) is 0 Å². The van der Waals surface area contributed by atoms with Gasteiger partial charge in [0.1, 0.15) is 0 Å². The Morgan fingerprint density at radius 3 is 2.42 bits per heavy atom. The molecule has 0 saturated carbocycles. The van der Waals surface area contributed by atoms with Gasteiger partial charge < -0.3 is 0 Å². The van der Waals surface area contributed by atoms with Gasteiger partial charge in [-0.25, -0.2) is 0 Å². The van der Waals surface area contributed by atoms with Crippen molar-refractivity contribution in [1.29, 1.82) is 0 Å². The quantitative estimate of drug-likeness (QED) is 0.312. The fraction of sp³-hybridized carbons (Fsp3) is 0. The van der Waals surface area contributed by atoms with Crippen molar-refractivity contribution in [2.75, 3.05) is 0 Å². The summed E-state index contributed by atoms with van der Waals surface area (Å²) in [7, 11) is 0. The Labute approximate surface area is 120 Å². The zero-order valence-electron chi connectivity index (χ0n) is 9.65. The molecular formula is C13H8N2O2SSe. The molecule has 0 N–H and O–H groups in total. The van der Waals surface area contributed by atoms with E-state index in [2.05, 4.69) is 9.63 Å². The Bertz CT molecular complexity index is 821. The molecule has 19 heavy (non-hydrogen) atoms. The summed E-state index contributed by atoms with van der Waals surface area (Å²) < 4.78 is 4.10. The van der Waals surface area contributed by atoms with Gasteiger partial charge in [-0.15, -0.1) is 0 Å². The van der Waals surface area contributed by atoms with Crippen LogP contribution in [0.3, 0.4) is 0 Å². The molecule has 0 radical (unpaired) electrons. The van der Waals surface area contributed by atoms with Crippen LogP contribution in [0.1, 0.15) is 0 Å². The van der Waals surface area contributed by atoms with Crippen LogP contribution in [-0.4, -0.2) is 23.2 Å². The van der Waals surface area contributed by atoms with E-state index >= 15 is 0 Å². The second-order valence-electron chi connectivity index (χ2n) is 3.96. The molecule has 0 amide bonds. The normalized spacial score (nSPS) is 10.7. The molecule has 0 bridgehead atoms. The number of benzene rings is 2. The van der Waals surface area contributed by atoms with Crippen molar-refractivity contribution in [1.82, 2.24) is 3.56 Å². The number of nitro groups is 1. The summed E-state index contributed by atoms with van der Waals surface area (Å²) in [5.41, 5.74) is 1.01. The second kappa shape index (κ2) is 4.74. The molecule has 0 aliphatic heterocycles. The van der Waals surface area contributed by atoms with Crippen LogP contribution in [0.5, 0.6) is 0 Å². The van der Waals surface area contributed by atoms with Crippen LogP contribution in [0, 0.1) is 14.8 Å². The first kappa shape index (κ1) is 12.3. The minimum atomic E-state index is -0.397. The molecule has 0 fully saturated rings. The van der Waals surface area contributed by atoms with E-state index in [9.17, 15) is 10.1 Å². The van der Waals surface area contributed by atoms with Gasteiger partial charge >= 0.3 is 120 Å². The first-order chi connectivity index (χ1) is 9.16. The molecule has 0 saturated heterocycles. The van der Waals surface area contributed by atoms with Gasteiger partial charge in [0.2, 0.25) is 0 Å². The van der Waals surface area contributed by atoms with E-state index in [0.717, 1.165) is 15.7 Å². The number of nitro benzene ring substituents is 1. The van der Waals surface area contributed by atoms with Gasteiger partial charge in [0.05, 0.1) is 0 Å². The van der Waals surface area contributed by atoms with Crippen LogP contribution in [0.25, 0.3) is 15.3 Å². The Hall–Kier alpha value is -1.75. The van der Waals surface area contributed by atoms with Gasteiger partial charge in [0.25, 0.3) is 0 Å². The zero-order valence-corrected chi connectivity index (χ0v) is 12.2. The number of hydrogen-bond acceptors (Lipinski definition) is 3.